The first-order valence-electron chi connectivity index (χ1n) is 6.19. The smallest absolute Gasteiger partial charge is 0.184 e. The van der Waals surface area contributed by atoms with Crippen molar-refractivity contribution >= 4 is 23.1 Å². The Kier molecular flexibility index (Phi) is 4.23. The van der Waals surface area contributed by atoms with E-state index in [2.05, 4.69) is 5.32 Å². The molecule has 0 saturated carbocycles. The number of nitrogens with one attached hydrogen (secondary N) is 1. The number of benzene rings is 2. The van der Waals surface area contributed by atoms with Gasteiger partial charge in [0, 0.05) is 16.3 Å². The van der Waals surface area contributed by atoms with Crippen molar-refractivity contribution in [1.29, 1.82) is 0 Å². The van der Waals surface area contributed by atoms with Crippen LogP contribution >= 0.6 is 11.6 Å². The topological polar surface area (TPSA) is 29.1 Å². The summed E-state index contributed by atoms with van der Waals surface area (Å²) in [6, 6.07) is 14.7. The number of ketones is 1. The molecule has 0 saturated heterocycles. The molecular weight excluding hydrogens is 258 g/mol. The van der Waals surface area contributed by atoms with Gasteiger partial charge in [0.1, 0.15) is 0 Å². The van der Waals surface area contributed by atoms with Gasteiger partial charge in [-0.05, 0) is 44.2 Å². The molecule has 0 fully saturated rings. The summed E-state index contributed by atoms with van der Waals surface area (Å²) >= 11 is 5.83. The second kappa shape index (κ2) is 5.89. The van der Waals surface area contributed by atoms with E-state index in [1.165, 1.54) is 0 Å². The van der Waals surface area contributed by atoms with Crippen LogP contribution in [-0.4, -0.2) is 11.8 Å². The molecule has 2 rings (SSSR count). The first-order chi connectivity index (χ1) is 9.06. The summed E-state index contributed by atoms with van der Waals surface area (Å²) in [6.45, 7) is 3.84. The summed E-state index contributed by atoms with van der Waals surface area (Å²) < 4.78 is 0. The van der Waals surface area contributed by atoms with Crippen LogP contribution in [0.2, 0.25) is 5.02 Å². The van der Waals surface area contributed by atoms with E-state index in [1.54, 1.807) is 12.1 Å². The molecule has 0 aliphatic rings. The summed E-state index contributed by atoms with van der Waals surface area (Å²) in [5.41, 5.74) is 2.71. The maximum atomic E-state index is 12.3. The van der Waals surface area contributed by atoms with E-state index in [1.807, 2.05) is 50.2 Å². The van der Waals surface area contributed by atoms with Gasteiger partial charge in [0.15, 0.2) is 5.78 Å². The van der Waals surface area contributed by atoms with Crippen LogP contribution in [0.15, 0.2) is 48.5 Å². The molecule has 2 nitrogen and oxygen atoms in total. The number of carbonyl (C=O) groups is 1. The Labute approximate surface area is 118 Å². The van der Waals surface area contributed by atoms with Crippen LogP contribution in [0, 0.1) is 6.92 Å². The van der Waals surface area contributed by atoms with Crippen LogP contribution in [0.25, 0.3) is 0 Å². The highest BCUT2D eigenvalue weighted by Gasteiger charge is 2.14. The highest BCUT2D eigenvalue weighted by molar-refractivity contribution is 6.30. The molecule has 98 valence electrons. The standard InChI is InChI=1S/C16H16ClNO/c1-11-4-3-5-13(10-11)16(19)12(2)18-15-8-6-14(17)7-9-15/h3-10,12,18H,1-2H3. The zero-order valence-electron chi connectivity index (χ0n) is 11.0. The van der Waals surface area contributed by atoms with Crippen LogP contribution in [0.1, 0.15) is 22.8 Å². The lowest BCUT2D eigenvalue weighted by molar-refractivity contribution is 0.0975. The fourth-order valence-corrected chi connectivity index (χ4v) is 2.04. The predicted octanol–water partition coefficient (Wildman–Crippen LogP) is 4.33. The van der Waals surface area contributed by atoms with Crippen LogP contribution in [0.4, 0.5) is 5.69 Å². The van der Waals surface area contributed by atoms with Gasteiger partial charge in [0.2, 0.25) is 0 Å². The monoisotopic (exact) mass is 273 g/mol. The normalized spacial score (nSPS) is 11.9. The first kappa shape index (κ1) is 13.6. The van der Waals surface area contributed by atoms with Crippen molar-refractivity contribution in [3.63, 3.8) is 0 Å². The third-order valence-electron chi connectivity index (χ3n) is 2.92. The van der Waals surface area contributed by atoms with Gasteiger partial charge in [-0.3, -0.25) is 4.79 Å². The fraction of sp³-hybridized carbons (Fsp3) is 0.188. The molecule has 0 spiro atoms. The molecule has 1 N–H and O–H groups in total. The van der Waals surface area contributed by atoms with Gasteiger partial charge in [-0.2, -0.15) is 0 Å². The maximum Gasteiger partial charge on any atom is 0.184 e. The lowest BCUT2D eigenvalue weighted by Crippen LogP contribution is -2.26. The molecule has 0 aromatic heterocycles. The van der Waals surface area contributed by atoms with E-state index in [4.69, 9.17) is 11.6 Å². The minimum Gasteiger partial charge on any atom is -0.375 e. The minimum atomic E-state index is -0.275. The Morgan fingerprint density at radius 1 is 1.16 bits per heavy atom. The number of hydrogen-bond donors (Lipinski definition) is 1. The number of halogens is 1. The Balaban J connectivity index is 2.09. The minimum absolute atomic E-state index is 0.0821. The molecule has 0 amide bonds. The van der Waals surface area contributed by atoms with E-state index in [0.717, 1.165) is 16.8 Å². The van der Waals surface area contributed by atoms with Crippen LogP contribution in [0.5, 0.6) is 0 Å². The van der Waals surface area contributed by atoms with E-state index < -0.39 is 0 Å². The Bertz CT molecular complexity index is 578. The molecule has 0 aliphatic heterocycles. The van der Waals surface area contributed by atoms with E-state index in [9.17, 15) is 4.79 Å². The predicted molar refractivity (Wildman–Crippen MR) is 80.0 cm³/mol. The van der Waals surface area contributed by atoms with Gasteiger partial charge in [-0.1, -0.05) is 35.4 Å². The molecule has 0 heterocycles. The zero-order chi connectivity index (χ0) is 13.8. The Hall–Kier alpha value is -1.80. The zero-order valence-corrected chi connectivity index (χ0v) is 11.7. The average Bonchev–Trinajstić information content (AvgIpc) is 2.40. The summed E-state index contributed by atoms with van der Waals surface area (Å²) in [5.74, 6) is 0.0821. The first-order valence-corrected chi connectivity index (χ1v) is 6.57. The summed E-state index contributed by atoms with van der Waals surface area (Å²) in [5, 5.41) is 3.86. The molecule has 0 bridgehead atoms. The number of Topliss-reactive ketones (excluding diaryl/α,β-unsaturated/α-hetero) is 1. The number of carbonyl (C=O) groups excluding carboxylic acids is 1. The third kappa shape index (κ3) is 3.58. The summed E-state index contributed by atoms with van der Waals surface area (Å²) in [7, 11) is 0. The number of hydrogen-bond acceptors (Lipinski definition) is 2. The highest BCUT2D eigenvalue weighted by Crippen LogP contribution is 2.16. The van der Waals surface area contributed by atoms with Crippen molar-refractivity contribution in [1.82, 2.24) is 0 Å². The molecule has 1 atom stereocenters. The summed E-state index contributed by atoms with van der Waals surface area (Å²) in [6.07, 6.45) is 0. The van der Waals surface area contributed by atoms with Crippen molar-refractivity contribution in [3.05, 3.63) is 64.7 Å². The Morgan fingerprint density at radius 3 is 2.47 bits per heavy atom. The van der Waals surface area contributed by atoms with E-state index in [-0.39, 0.29) is 11.8 Å². The second-order valence-corrected chi connectivity index (χ2v) is 5.04. The SMILES string of the molecule is Cc1cccc(C(=O)C(C)Nc2ccc(Cl)cc2)c1. The molecule has 2 aromatic carbocycles. The van der Waals surface area contributed by atoms with Crippen LogP contribution in [-0.2, 0) is 0 Å². The molecule has 19 heavy (non-hydrogen) atoms. The highest BCUT2D eigenvalue weighted by atomic mass is 35.5. The Morgan fingerprint density at radius 2 is 1.84 bits per heavy atom. The number of anilines is 1. The maximum absolute atomic E-state index is 12.3. The van der Waals surface area contributed by atoms with Gasteiger partial charge < -0.3 is 5.32 Å². The molecule has 1 unspecified atom stereocenters. The van der Waals surface area contributed by atoms with Gasteiger partial charge in [0.05, 0.1) is 6.04 Å². The molecular formula is C16H16ClNO. The number of rotatable bonds is 4. The third-order valence-corrected chi connectivity index (χ3v) is 3.18. The summed E-state index contributed by atoms with van der Waals surface area (Å²) in [4.78, 5) is 12.3. The van der Waals surface area contributed by atoms with Crippen LogP contribution in [0.3, 0.4) is 0 Å². The largest absolute Gasteiger partial charge is 0.375 e. The van der Waals surface area contributed by atoms with Crippen molar-refractivity contribution < 1.29 is 4.79 Å². The van der Waals surface area contributed by atoms with Crippen molar-refractivity contribution in [2.75, 3.05) is 5.32 Å². The second-order valence-electron chi connectivity index (χ2n) is 4.61. The van der Waals surface area contributed by atoms with Crippen molar-refractivity contribution in [2.45, 2.75) is 19.9 Å². The van der Waals surface area contributed by atoms with E-state index >= 15 is 0 Å². The average molecular weight is 274 g/mol. The van der Waals surface area contributed by atoms with Crippen molar-refractivity contribution in [3.8, 4) is 0 Å². The van der Waals surface area contributed by atoms with Gasteiger partial charge in [0.25, 0.3) is 0 Å². The van der Waals surface area contributed by atoms with Gasteiger partial charge >= 0.3 is 0 Å². The molecule has 0 aliphatic carbocycles. The lowest BCUT2D eigenvalue weighted by atomic mass is 10.0. The molecule has 2 aromatic rings. The fourth-order valence-electron chi connectivity index (χ4n) is 1.91. The molecule has 0 radical (unpaired) electrons. The van der Waals surface area contributed by atoms with E-state index in [0.29, 0.717) is 5.02 Å². The lowest BCUT2D eigenvalue weighted by Gasteiger charge is -2.14. The van der Waals surface area contributed by atoms with Crippen LogP contribution < -0.4 is 5.32 Å². The van der Waals surface area contributed by atoms with Gasteiger partial charge in [-0.25, -0.2) is 0 Å². The van der Waals surface area contributed by atoms with Crippen molar-refractivity contribution in [2.24, 2.45) is 0 Å². The molecule has 3 heteroatoms. The van der Waals surface area contributed by atoms with Gasteiger partial charge in [-0.15, -0.1) is 0 Å². The quantitative estimate of drug-likeness (QED) is 0.840. The number of aryl methyl sites for hydroxylation is 1.